The first kappa shape index (κ1) is 30.0. The van der Waals surface area contributed by atoms with Crippen LogP contribution in [0.25, 0.3) is 0 Å². The van der Waals surface area contributed by atoms with E-state index in [0.29, 0.717) is 44.1 Å². The molecule has 0 spiro atoms. The highest BCUT2D eigenvalue weighted by Gasteiger charge is 2.77. The molecule has 6 atom stereocenters. The van der Waals surface area contributed by atoms with Crippen LogP contribution in [0.5, 0.6) is 0 Å². The van der Waals surface area contributed by atoms with Gasteiger partial charge in [0.1, 0.15) is 11.9 Å². The number of rotatable bonds is 5. The minimum Gasteiger partial charge on any atom is -0.456 e. The van der Waals surface area contributed by atoms with Gasteiger partial charge in [0, 0.05) is 5.41 Å². The summed E-state index contributed by atoms with van der Waals surface area (Å²) >= 11 is 4.82. The van der Waals surface area contributed by atoms with Crippen LogP contribution in [0.3, 0.4) is 0 Å². The number of carbonyl (C=O) groups is 2. The summed E-state index contributed by atoms with van der Waals surface area (Å²) in [5.41, 5.74) is -0.417. The van der Waals surface area contributed by atoms with Crippen LogP contribution in [0.1, 0.15) is 58.8 Å². The van der Waals surface area contributed by atoms with Crippen molar-refractivity contribution in [3.05, 3.63) is 23.5 Å². The van der Waals surface area contributed by atoms with E-state index in [1.54, 1.807) is 0 Å². The average Bonchev–Trinajstić information content (AvgIpc) is 3.13. The summed E-state index contributed by atoms with van der Waals surface area (Å²) in [6.07, 6.45) is -1.63. The molecule has 3 fully saturated rings. The topological polar surface area (TPSA) is 52.6 Å². The maximum Gasteiger partial charge on any atom is 0.460 e. The third-order valence-electron chi connectivity index (χ3n) is 9.39. The van der Waals surface area contributed by atoms with E-state index in [1.165, 1.54) is 12.2 Å². The molecule has 220 valence electrons. The third kappa shape index (κ3) is 4.73. The van der Waals surface area contributed by atoms with Crippen LogP contribution >= 0.6 is 11.6 Å². The highest BCUT2D eigenvalue weighted by Crippen LogP contribution is 2.65. The molecule has 39 heavy (non-hydrogen) atoms. The van der Waals surface area contributed by atoms with Crippen molar-refractivity contribution in [3.8, 4) is 0 Å². The first-order valence-electron chi connectivity index (χ1n) is 12.4. The molecular weight excluding hydrogens is 571 g/mol. The molecule has 0 aromatic carbocycles. The Morgan fingerprint density at radius 2 is 1.56 bits per heavy atom. The molecule has 4 rings (SSSR count). The van der Waals surface area contributed by atoms with Gasteiger partial charge >= 0.3 is 35.3 Å². The van der Waals surface area contributed by atoms with E-state index in [0.717, 1.165) is 0 Å². The second-order valence-corrected chi connectivity index (χ2v) is 11.8. The van der Waals surface area contributed by atoms with E-state index in [4.69, 9.17) is 16.3 Å². The number of ether oxygens (including phenoxy) is 2. The summed E-state index contributed by atoms with van der Waals surface area (Å²) in [4.78, 5) is 23.4. The van der Waals surface area contributed by atoms with E-state index in [2.05, 4.69) is 4.74 Å². The highest BCUT2D eigenvalue weighted by atomic mass is 35.5. The first-order chi connectivity index (χ1) is 17.7. The number of hydrogen-bond acceptors (Lipinski definition) is 4. The first-order valence-corrected chi connectivity index (χ1v) is 12.8. The summed E-state index contributed by atoms with van der Waals surface area (Å²) in [7, 11) is 0. The van der Waals surface area contributed by atoms with Gasteiger partial charge in [-0.15, -0.1) is 0 Å². The van der Waals surface area contributed by atoms with Gasteiger partial charge in [-0.1, -0.05) is 19.4 Å². The molecule has 4 aliphatic carbocycles. The van der Waals surface area contributed by atoms with Crippen LogP contribution in [-0.2, 0) is 19.1 Å². The van der Waals surface area contributed by atoms with Gasteiger partial charge in [0.05, 0.1) is 0 Å². The molecule has 0 radical (unpaired) electrons. The van der Waals surface area contributed by atoms with Gasteiger partial charge in [-0.3, -0.25) is 0 Å². The highest BCUT2D eigenvalue weighted by molar-refractivity contribution is 6.31. The number of allylic oxidation sites excluding steroid dienone is 3. The van der Waals surface area contributed by atoms with E-state index < -0.39 is 58.0 Å². The van der Waals surface area contributed by atoms with Crippen LogP contribution < -0.4 is 0 Å². The Kier molecular flexibility index (Phi) is 7.17. The Hall–Kier alpha value is -1.92. The molecule has 0 aromatic heterocycles. The van der Waals surface area contributed by atoms with Crippen molar-refractivity contribution in [1.29, 1.82) is 0 Å². The van der Waals surface area contributed by atoms with Crippen molar-refractivity contribution in [3.63, 3.8) is 0 Å². The van der Waals surface area contributed by atoms with Crippen molar-refractivity contribution < 1.29 is 58.6 Å². The van der Waals surface area contributed by atoms with Gasteiger partial charge < -0.3 is 9.47 Å². The lowest BCUT2D eigenvalue weighted by Gasteiger charge is -2.57. The summed E-state index contributed by atoms with van der Waals surface area (Å²) < 4.78 is 127. The summed E-state index contributed by atoms with van der Waals surface area (Å²) in [6.45, 7) is 3.81. The van der Waals surface area contributed by atoms with Crippen molar-refractivity contribution in [2.75, 3.05) is 0 Å². The van der Waals surface area contributed by atoms with Crippen LogP contribution in [0.15, 0.2) is 23.5 Å². The second-order valence-electron chi connectivity index (χ2n) is 11.4. The van der Waals surface area contributed by atoms with Gasteiger partial charge in [-0.05, 0) is 91.9 Å². The Labute approximate surface area is 222 Å². The molecule has 0 bridgehead atoms. The zero-order chi connectivity index (χ0) is 29.4. The largest absolute Gasteiger partial charge is 0.460 e. The minimum absolute atomic E-state index is 0.0304. The van der Waals surface area contributed by atoms with Gasteiger partial charge in [-0.25, -0.2) is 9.59 Å². The molecule has 4 nitrogen and oxygen atoms in total. The maximum atomic E-state index is 13.7. The predicted octanol–water partition coefficient (Wildman–Crippen LogP) is 7.56. The zero-order valence-corrected chi connectivity index (χ0v) is 21.6. The standard InChI is InChI=1S/C25H26ClF9O4/c1-20-9-7-13(38-18(36)22(27,28)24(31,32)25(33,34)35)11-12(20)3-4-14-15-5-6-17(39-19(37)23(26,29)30)21(15,2)10-8-16(14)20/h7,11,14-17H,3-6,8-10H2,1-2H3/t14?,15?,16?,17-,20-,21-/m0/s1. The number of hydrogen-bond donors (Lipinski definition) is 0. The van der Waals surface area contributed by atoms with E-state index in [1.807, 2.05) is 13.8 Å². The predicted molar refractivity (Wildman–Crippen MR) is 118 cm³/mol. The van der Waals surface area contributed by atoms with Gasteiger partial charge in [0.2, 0.25) is 0 Å². The normalized spacial score (nSPS) is 35.2. The van der Waals surface area contributed by atoms with Crippen molar-refractivity contribution >= 4 is 23.5 Å². The zero-order valence-electron chi connectivity index (χ0n) is 20.8. The summed E-state index contributed by atoms with van der Waals surface area (Å²) in [6, 6.07) is 0. The minimum atomic E-state index is -6.66. The molecule has 0 N–H and O–H groups in total. The lowest BCUT2D eigenvalue weighted by Crippen LogP contribution is -2.56. The van der Waals surface area contributed by atoms with Crippen LogP contribution in [0.2, 0.25) is 0 Å². The molecule has 0 heterocycles. The maximum absolute atomic E-state index is 13.7. The Morgan fingerprint density at radius 1 is 0.923 bits per heavy atom. The fraction of sp³-hybridized carbons (Fsp3) is 0.760. The van der Waals surface area contributed by atoms with Crippen molar-refractivity contribution in [1.82, 2.24) is 0 Å². The lowest BCUT2D eigenvalue weighted by molar-refractivity contribution is -0.347. The van der Waals surface area contributed by atoms with Gasteiger partial charge in [0.15, 0.2) is 0 Å². The molecule has 0 aliphatic heterocycles. The van der Waals surface area contributed by atoms with Crippen molar-refractivity contribution in [2.24, 2.45) is 28.6 Å². The molecule has 4 aliphatic rings. The molecule has 3 unspecified atom stereocenters. The Bertz CT molecular complexity index is 1100. The van der Waals surface area contributed by atoms with E-state index >= 15 is 0 Å². The Morgan fingerprint density at radius 3 is 2.15 bits per heavy atom. The molecule has 0 aromatic rings. The number of carbonyl (C=O) groups excluding carboxylic acids is 2. The molecule has 3 saturated carbocycles. The lowest BCUT2D eigenvalue weighted by atomic mass is 9.48. The smallest absolute Gasteiger partial charge is 0.456 e. The molecule has 0 saturated heterocycles. The molecule has 0 amide bonds. The quantitative estimate of drug-likeness (QED) is 0.187. The number of alkyl halides is 10. The molecular formula is C25H26ClF9O4. The SMILES string of the molecule is C[C@]12CC=C(OC(=O)C(F)(F)C(F)(F)C(F)(F)F)C=C1CCC1C2CC[C@@]2(C)C1CC[C@@H]2OC(=O)C(F)(F)Cl. The fourth-order valence-electron chi connectivity index (χ4n) is 7.28. The fourth-order valence-corrected chi connectivity index (χ4v) is 7.32. The number of esters is 2. The van der Waals surface area contributed by atoms with Gasteiger partial charge in [0.25, 0.3) is 0 Å². The van der Waals surface area contributed by atoms with E-state index in [-0.39, 0.29) is 24.2 Å². The number of halogens is 10. The van der Waals surface area contributed by atoms with Gasteiger partial charge in [-0.2, -0.15) is 39.5 Å². The van der Waals surface area contributed by atoms with Crippen molar-refractivity contribution in [2.45, 2.75) is 88.3 Å². The third-order valence-corrected chi connectivity index (χ3v) is 9.55. The summed E-state index contributed by atoms with van der Waals surface area (Å²) in [5, 5.41) is -4.13. The average molecular weight is 597 g/mol. The molecule has 14 heteroatoms. The van der Waals surface area contributed by atoms with Crippen LogP contribution in [0, 0.1) is 28.6 Å². The summed E-state index contributed by atoms with van der Waals surface area (Å²) in [5.74, 6) is -17.9. The van der Waals surface area contributed by atoms with Crippen LogP contribution in [-0.4, -0.2) is 41.4 Å². The van der Waals surface area contributed by atoms with E-state index in [9.17, 15) is 49.1 Å². The Balaban J connectivity index is 1.49. The monoisotopic (exact) mass is 596 g/mol. The second kappa shape index (κ2) is 9.30. The number of fused-ring (bicyclic) bond motifs is 5. The van der Waals surface area contributed by atoms with Crippen LogP contribution in [0.4, 0.5) is 39.5 Å².